The van der Waals surface area contributed by atoms with Gasteiger partial charge in [0.25, 0.3) is 0 Å². The molecule has 1 amide bonds. The van der Waals surface area contributed by atoms with Gasteiger partial charge in [0.2, 0.25) is 5.91 Å². The van der Waals surface area contributed by atoms with E-state index >= 15 is 0 Å². The molecule has 1 fully saturated rings. The van der Waals surface area contributed by atoms with E-state index < -0.39 is 0 Å². The zero-order chi connectivity index (χ0) is 17.1. The van der Waals surface area contributed by atoms with Crippen molar-refractivity contribution in [3.63, 3.8) is 0 Å². The van der Waals surface area contributed by atoms with Crippen LogP contribution in [-0.2, 0) is 4.79 Å². The van der Waals surface area contributed by atoms with Crippen LogP contribution in [0.25, 0.3) is 10.9 Å². The zero-order valence-electron chi connectivity index (χ0n) is 14.8. The molecule has 2 aromatic rings. The minimum atomic E-state index is 0.129. The Hall–Kier alpha value is -1.55. The van der Waals surface area contributed by atoms with Crippen LogP contribution in [-0.4, -0.2) is 22.7 Å². The third-order valence-electron chi connectivity index (χ3n) is 4.96. The molecule has 1 aliphatic rings. The van der Waals surface area contributed by atoms with Gasteiger partial charge in [-0.1, -0.05) is 36.9 Å². The maximum Gasteiger partial charge on any atom is 0.230 e. The third kappa shape index (κ3) is 4.10. The first-order valence-corrected chi connectivity index (χ1v) is 9.80. The summed E-state index contributed by atoms with van der Waals surface area (Å²) in [4.78, 5) is 17.0. The van der Waals surface area contributed by atoms with Gasteiger partial charge in [0.05, 0.1) is 16.3 Å². The lowest BCUT2D eigenvalue weighted by molar-refractivity contribution is -0.119. The predicted molar refractivity (Wildman–Crippen MR) is 102 cm³/mol. The minimum absolute atomic E-state index is 0.129. The van der Waals surface area contributed by atoms with Gasteiger partial charge in [0.15, 0.2) is 0 Å². The molecule has 24 heavy (non-hydrogen) atoms. The van der Waals surface area contributed by atoms with E-state index in [1.807, 2.05) is 0 Å². The van der Waals surface area contributed by atoms with Gasteiger partial charge in [-0.3, -0.25) is 4.79 Å². The van der Waals surface area contributed by atoms with Crippen molar-refractivity contribution in [3.8, 4) is 0 Å². The molecule has 1 aromatic carbocycles. The molecule has 4 heteroatoms. The van der Waals surface area contributed by atoms with Crippen molar-refractivity contribution in [1.82, 2.24) is 10.3 Å². The van der Waals surface area contributed by atoms with Gasteiger partial charge < -0.3 is 5.32 Å². The summed E-state index contributed by atoms with van der Waals surface area (Å²) < 4.78 is 0. The first kappa shape index (κ1) is 17.3. The van der Waals surface area contributed by atoms with Crippen molar-refractivity contribution in [2.45, 2.75) is 57.5 Å². The van der Waals surface area contributed by atoms with Crippen LogP contribution >= 0.6 is 11.8 Å². The second-order valence-electron chi connectivity index (χ2n) is 7.06. The maximum absolute atomic E-state index is 12.2. The van der Waals surface area contributed by atoms with E-state index in [4.69, 9.17) is 4.98 Å². The van der Waals surface area contributed by atoms with Crippen LogP contribution in [0.2, 0.25) is 0 Å². The zero-order valence-corrected chi connectivity index (χ0v) is 15.6. The fourth-order valence-electron chi connectivity index (χ4n) is 3.42. The molecular weight excluding hydrogens is 316 g/mol. The first-order valence-electron chi connectivity index (χ1n) is 8.82. The topological polar surface area (TPSA) is 42.0 Å². The average molecular weight is 343 g/mol. The normalized spacial score (nSPS) is 21.0. The van der Waals surface area contributed by atoms with Crippen molar-refractivity contribution >= 4 is 28.6 Å². The maximum atomic E-state index is 12.2. The number of nitrogens with zero attached hydrogens (tertiary/aromatic N) is 1. The smallest absolute Gasteiger partial charge is 0.230 e. The Morgan fingerprint density at radius 2 is 1.96 bits per heavy atom. The molecule has 128 valence electrons. The predicted octanol–water partition coefficient (Wildman–Crippen LogP) is 4.64. The number of fused-ring (bicyclic) bond motifs is 1. The van der Waals surface area contributed by atoms with Crippen molar-refractivity contribution in [2.24, 2.45) is 5.92 Å². The Morgan fingerprint density at radius 1 is 1.21 bits per heavy atom. The molecule has 1 aromatic heterocycles. The number of aromatic nitrogens is 1. The lowest BCUT2D eigenvalue weighted by Gasteiger charge is -2.26. The van der Waals surface area contributed by atoms with E-state index in [2.05, 4.69) is 50.4 Å². The molecule has 0 radical (unpaired) electrons. The summed E-state index contributed by atoms with van der Waals surface area (Å²) in [6.07, 6.45) is 4.68. The number of carbonyl (C=O) groups excluding carboxylic acids is 1. The standard InChI is InChI=1S/C20H26N2OS/c1-13-7-9-16(10-8-13)21-18(23)12-24-19-11-15(3)17-6-4-5-14(2)20(17)22-19/h4-6,11,13,16H,7-10,12H2,1-3H3,(H,21,23). The van der Waals surface area contributed by atoms with Crippen molar-refractivity contribution in [2.75, 3.05) is 5.75 Å². The molecule has 0 spiro atoms. The third-order valence-corrected chi connectivity index (χ3v) is 5.87. The van der Waals surface area contributed by atoms with Crippen LogP contribution in [0.15, 0.2) is 29.3 Å². The van der Waals surface area contributed by atoms with Crippen molar-refractivity contribution < 1.29 is 4.79 Å². The number of hydrogen-bond acceptors (Lipinski definition) is 3. The Morgan fingerprint density at radius 3 is 2.71 bits per heavy atom. The Balaban J connectivity index is 1.61. The highest BCUT2D eigenvalue weighted by Crippen LogP contribution is 2.26. The van der Waals surface area contributed by atoms with E-state index in [1.54, 1.807) is 0 Å². The molecule has 3 rings (SSSR count). The van der Waals surface area contributed by atoms with Crippen LogP contribution in [0.1, 0.15) is 43.7 Å². The Labute approximate surface area is 148 Å². The number of benzene rings is 1. The van der Waals surface area contributed by atoms with Gasteiger partial charge in [0, 0.05) is 11.4 Å². The number of pyridine rings is 1. The van der Waals surface area contributed by atoms with Gasteiger partial charge in [0.1, 0.15) is 0 Å². The number of thioether (sulfide) groups is 1. The van der Waals surface area contributed by atoms with Crippen LogP contribution in [0.3, 0.4) is 0 Å². The number of para-hydroxylation sites is 1. The SMILES string of the molecule is Cc1cc(SCC(=O)NC2CCC(C)CC2)nc2c(C)cccc12. The molecule has 1 saturated carbocycles. The average Bonchev–Trinajstić information content (AvgIpc) is 2.56. The molecule has 1 N–H and O–H groups in total. The summed E-state index contributed by atoms with van der Waals surface area (Å²) in [6.45, 7) is 6.49. The lowest BCUT2D eigenvalue weighted by Crippen LogP contribution is -2.38. The van der Waals surface area contributed by atoms with E-state index in [0.29, 0.717) is 11.8 Å². The second-order valence-corrected chi connectivity index (χ2v) is 8.06. The molecule has 3 nitrogen and oxygen atoms in total. The van der Waals surface area contributed by atoms with E-state index in [0.717, 1.165) is 29.3 Å². The van der Waals surface area contributed by atoms with Gasteiger partial charge in [-0.05, 0) is 62.6 Å². The lowest BCUT2D eigenvalue weighted by atomic mass is 9.87. The van der Waals surface area contributed by atoms with Crippen LogP contribution in [0.4, 0.5) is 0 Å². The molecule has 0 bridgehead atoms. The van der Waals surface area contributed by atoms with Gasteiger partial charge in [-0.2, -0.15) is 0 Å². The number of rotatable bonds is 4. The summed E-state index contributed by atoms with van der Waals surface area (Å²) in [7, 11) is 0. The summed E-state index contributed by atoms with van der Waals surface area (Å²) in [6, 6.07) is 8.71. The monoisotopic (exact) mass is 342 g/mol. The fourth-order valence-corrected chi connectivity index (χ4v) is 4.20. The molecule has 1 heterocycles. The minimum Gasteiger partial charge on any atom is -0.353 e. The van der Waals surface area contributed by atoms with Crippen molar-refractivity contribution in [3.05, 3.63) is 35.4 Å². The van der Waals surface area contributed by atoms with E-state index in [9.17, 15) is 4.79 Å². The fraction of sp³-hybridized carbons (Fsp3) is 0.500. The number of carbonyl (C=O) groups is 1. The largest absolute Gasteiger partial charge is 0.353 e. The van der Waals surface area contributed by atoms with E-state index in [1.165, 1.54) is 41.1 Å². The highest BCUT2D eigenvalue weighted by Gasteiger charge is 2.19. The van der Waals surface area contributed by atoms with Gasteiger partial charge in [-0.15, -0.1) is 0 Å². The Bertz CT molecular complexity index is 736. The van der Waals surface area contributed by atoms with Gasteiger partial charge in [-0.25, -0.2) is 4.98 Å². The molecule has 0 aliphatic heterocycles. The Kier molecular flexibility index (Phi) is 5.44. The summed E-state index contributed by atoms with van der Waals surface area (Å²) in [5, 5.41) is 5.31. The summed E-state index contributed by atoms with van der Waals surface area (Å²) in [5.74, 6) is 1.38. The molecule has 0 atom stereocenters. The summed E-state index contributed by atoms with van der Waals surface area (Å²) in [5.41, 5.74) is 3.44. The van der Waals surface area contributed by atoms with Crippen LogP contribution < -0.4 is 5.32 Å². The number of nitrogens with one attached hydrogen (secondary N) is 1. The van der Waals surface area contributed by atoms with Crippen LogP contribution in [0.5, 0.6) is 0 Å². The van der Waals surface area contributed by atoms with Gasteiger partial charge >= 0.3 is 0 Å². The van der Waals surface area contributed by atoms with Crippen molar-refractivity contribution in [1.29, 1.82) is 0 Å². The van der Waals surface area contributed by atoms with Crippen LogP contribution in [0, 0.1) is 19.8 Å². The molecule has 0 unspecified atom stereocenters. The molecular formula is C20H26N2OS. The summed E-state index contributed by atoms with van der Waals surface area (Å²) >= 11 is 1.53. The first-order chi connectivity index (χ1) is 11.5. The highest BCUT2D eigenvalue weighted by atomic mass is 32.2. The second kappa shape index (κ2) is 7.56. The van der Waals surface area contributed by atoms with E-state index in [-0.39, 0.29) is 5.91 Å². The highest BCUT2D eigenvalue weighted by molar-refractivity contribution is 7.99. The number of aryl methyl sites for hydroxylation is 2. The number of amides is 1. The molecule has 1 aliphatic carbocycles. The number of hydrogen-bond donors (Lipinski definition) is 1. The quantitative estimate of drug-likeness (QED) is 0.823. The molecule has 0 saturated heterocycles.